The summed E-state index contributed by atoms with van der Waals surface area (Å²) in [6, 6.07) is 11.5. The number of amides is 1. The zero-order valence-corrected chi connectivity index (χ0v) is 13.8. The van der Waals surface area contributed by atoms with Gasteiger partial charge in [-0.25, -0.2) is 4.79 Å². The fourth-order valence-corrected chi connectivity index (χ4v) is 2.42. The molecule has 0 unspecified atom stereocenters. The van der Waals surface area contributed by atoms with Gasteiger partial charge in [-0.1, -0.05) is 12.1 Å². The van der Waals surface area contributed by atoms with Crippen LogP contribution in [0.1, 0.15) is 33.6 Å². The monoisotopic (exact) mass is 341 g/mol. The van der Waals surface area contributed by atoms with Gasteiger partial charge in [0, 0.05) is 11.8 Å². The second-order valence-electron chi connectivity index (χ2n) is 5.92. The van der Waals surface area contributed by atoms with E-state index in [9.17, 15) is 9.59 Å². The Kier molecular flexibility index (Phi) is 4.88. The van der Waals surface area contributed by atoms with E-state index in [1.54, 1.807) is 18.2 Å². The van der Waals surface area contributed by atoms with Crippen LogP contribution in [0.3, 0.4) is 0 Å². The van der Waals surface area contributed by atoms with E-state index in [4.69, 9.17) is 14.6 Å². The van der Waals surface area contributed by atoms with E-state index in [1.807, 2.05) is 6.07 Å². The SMILES string of the molecule is COc1cc(NC(=O)c2ccccc2OCC2CC2)ccc1C(=O)O. The van der Waals surface area contributed by atoms with Crippen molar-refractivity contribution in [3.63, 3.8) is 0 Å². The van der Waals surface area contributed by atoms with E-state index in [0.29, 0.717) is 29.5 Å². The fourth-order valence-electron chi connectivity index (χ4n) is 2.42. The maximum atomic E-state index is 12.6. The number of rotatable bonds is 7. The van der Waals surface area contributed by atoms with Gasteiger partial charge in [-0.2, -0.15) is 0 Å². The third-order valence-corrected chi connectivity index (χ3v) is 3.99. The van der Waals surface area contributed by atoms with Gasteiger partial charge < -0.3 is 19.9 Å². The van der Waals surface area contributed by atoms with Crippen LogP contribution in [0.2, 0.25) is 0 Å². The number of nitrogens with one attached hydrogen (secondary N) is 1. The van der Waals surface area contributed by atoms with Crippen LogP contribution >= 0.6 is 0 Å². The first-order valence-electron chi connectivity index (χ1n) is 8.03. The van der Waals surface area contributed by atoms with Gasteiger partial charge in [0.1, 0.15) is 17.1 Å². The van der Waals surface area contributed by atoms with Crippen LogP contribution in [0, 0.1) is 5.92 Å². The lowest BCUT2D eigenvalue weighted by Crippen LogP contribution is -2.14. The second kappa shape index (κ2) is 7.25. The molecule has 0 radical (unpaired) electrons. The van der Waals surface area contributed by atoms with E-state index in [1.165, 1.54) is 38.2 Å². The molecule has 1 aliphatic rings. The first kappa shape index (κ1) is 16.8. The van der Waals surface area contributed by atoms with Gasteiger partial charge >= 0.3 is 5.97 Å². The minimum absolute atomic E-state index is 0.0358. The summed E-state index contributed by atoms with van der Waals surface area (Å²) in [6.45, 7) is 0.616. The lowest BCUT2D eigenvalue weighted by molar-refractivity contribution is 0.0693. The van der Waals surface area contributed by atoms with Crippen molar-refractivity contribution in [3.8, 4) is 11.5 Å². The molecule has 1 amide bonds. The van der Waals surface area contributed by atoms with Gasteiger partial charge in [0.05, 0.1) is 19.3 Å². The standard InChI is InChI=1S/C19H19NO5/c1-24-17-10-13(8-9-15(17)19(22)23)20-18(21)14-4-2-3-5-16(14)25-11-12-6-7-12/h2-5,8-10,12H,6-7,11H2,1H3,(H,20,21)(H,22,23). The highest BCUT2D eigenvalue weighted by molar-refractivity contribution is 6.06. The predicted molar refractivity (Wildman–Crippen MR) is 92.6 cm³/mol. The van der Waals surface area contributed by atoms with Crippen molar-refractivity contribution in [2.24, 2.45) is 5.92 Å². The molecule has 1 fully saturated rings. The Morgan fingerprint density at radius 2 is 1.88 bits per heavy atom. The Balaban J connectivity index is 1.76. The summed E-state index contributed by atoms with van der Waals surface area (Å²) >= 11 is 0. The Labute approximate surface area is 145 Å². The molecule has 25 heavy (non-hydrogen) atoms. The minimum atomic E-state index is -1.09. The molecular weight excluding hydrogens is 322 g/mol. The van der Waals surface area contributed by atoms with Gasteiger partial charge in [0.15, 0.2) is 0 Å². The molecular formula is C19H19NO5. The number of ether oxygens (including phenoxy) is 2. The van der Waals surface area contributed by atoms with Crippen molar-refractivity contribution in [2.45, 2.75) is 12.8 Å². The van der Waals surface area contributed by atoms with Gasteiger partial charge in [-0.05, 0) is 43.0 Å². The summed E-state index contributed by atoms with van der Waals surface area (Å²) in [7, 11) is 1.38. The molecule has 3 rings (SSSR count). The van der Waals surface area contributed by atoms with Gasteiger partial charge in [0.25, 0.3) is 5.91 Å². The number of para-hydroxylation sites is 1. The number of carboxylic acid groups (broad SMARTS) is 1. The van der Waals surface area contributed by atoms with Crippen LogP contribution in [-0.2, 0) is 0 Å². The fraction of sp³-hybridized carbons (Fsp3) is 0.263. The molecule has 0 aromatic heterocycles. The number of anilines is 1. The zero-order valence-electron chi connectivity index (χ0n) is 13.8. The first-order valence-corrected chi connectivity index (χ1v) is 8.03. The van der Waals surface area contributed by atoms with Crippen molar-refractivity contribution in [1.29, 1.82) is 0 Å². The highest BCUT2D eigenvalue weighted by Gasteiger charge is 2.23. The molecule has 1 aliphatic carbocycles. The van der Waals surface area contributed by atoms with Gasteiger partial charge in [-0.3, -0.25) is 4.79 Å². The average molecular weight is 341 g/mol. The second-order valence-corrected chi connectivity index (χ2v) is 5.92. The van der Waals surface area contributed by atoms with Crippen molar-refractivity contribution >= 4 is 17.6 Å². The predicted octanol–water partition coefficient (Wildman–Crippen LogP) is 3.43. The van der Waals surface area contributed by atoms with E-state index in [-0.39, 0.29) is 17.2 Å². The van der Waals surface area contributed by atoms with Crippen LogP contribution in [0.15, 0.2) is 42.5 Å². The van der Waals surface area contributed by atoms with Gasteiger partial charge in [0.2, 0.25) is 0 Å². The van der Waals surface area contributed by atoms with E-state index < -0.39 is 5.97 Å². The zero-order chi connectivity index (χ0) is 17.8. The van der Waals surface area contributed by atoms with Crippen LogP contribution < -0.4 is 14.8 Å². The molecule has 0 heterocycles. The summed E-state index contributed by atoms with van der Waals surface area (Å²) in [5.74, 6) is -0.0985. The highest BCUT2D eigenvalue weighted by atomic mass is 16.5. The summed E-state index contributed by atoms with van der Waals surface area (Å²) in [5, 5.41) is 11.9. The molecule has 2 aromatic rings. The van der Waals surface area contributed by atoms with Crippen LogP contribution in [0.4, 0.5) is 5.69 Å². The largest absolute Gasteiger partial charge is 0.496 e. The van der Waals surface area contributed by atoms with E-state index in [2.05, 4.69) is 5.32 Å². The molecule has 130 valence electrons. The molecule has 6 heteroatoms. The molecule has 0 spiro atoms. The normalized spacial score (nSPS) is 13.2. The Bertz CT molecular complexity index is 798. The van der Waals surface area contributed by atoms with Crippen molar-refractivity contribution in [2.75, 3.05) is 19.0 Å². The maximum Gasteiger partial charge on any atom is 0.339 e. The van der Waals surface area contributed by atoms with Crippen molar-refractivity contribution < 1.29 is 24.2 Å². The third kappa shape index (κ3) is 4.09. The molecule has 1 saturated carbocycles. The van der Waals surface area contributed by atoms with E-state index >= 15 is 0 Å². The molecule has 2 N–H and O–H groups in total. The summed E-state index contributed by atoms with van der Waals surface area (Å²) in [5.41, 5.74) is 0.918. The van der Waals surface area contributed by atoms with Crippen molar-refractivity contribution in [1.82, 2.24) is 0 Å². The van der Waals surface area contributed by atoms with Crippen LogP contribution in [-0.4, -0.2) is 30.7 Å². The highest BCUT2D eigenvalue weighted by Crippen LogP contribution is 2.30. The summed E-state index contributed by atoms with van der Waals surface area (Å²) in [4.78, 5) is 23.7. The number of benzene rings is 2. The Hall–Kier alpha value is -3.02. The molecule has 0 aliphatic heterocycles. The number of methoxy groups -OCH3 is 1. The lowest BCUT2D eigenvalue weighted by Gasteiger charge is -2.12. The summed E-state index contributed by atoms with van der Waals surface area (Å²) in [6.07, 6.45) is 2.34. The third-order valence-electron chi connectivity index (χ3n) is 3.99. The maximum absolute atomic E-state index is 12.6. The summed E-state index contributed by atoms with van der Waals surface area (Å²) < 4.78 is 10.8. The Morgan fingerprint density at radius 1 is 1.12 bits per heavy atom. The quantitative estimate of drug-likeness (QED) is 0.806. The Morgan fingerprint density at radius 3 is 2.56 bits per heavy atom. The van der Waals surface area contributed by atoms with Crippen molar-refractivity contribution in [3.05, 3.63) is 53.6 Å². The average Bonchev–Trinajstić information content (AvgIpc) is 3.44. The first-order chi connectivity index (χ1) is 12.1. The number of carboxylic acids is 1. The smallest absolute Gasteiger partial charge is 0.339 e. The number of hydrogen-bond donors (Lipinski definition) is 2. The number of hydrogen-bond acceptors (Lipinski definition) is 4. The number of aromatic carboxylic acids is 1. The number of carbonyl (C=O) groups is 2. The van der Waals surface area contributed by atoms with E-state index in [0.717, 1.165) is 0 Å². The van der Waals surface area contributed by atoms with Crippen LogP contribution in [0.5, 0.6) is 11.5 Å². The van der Waals surface area contributed by atoms with Crippen LogP contribution in [0.25, 0.3) is 0 Å². The molecule has 0 atom stereocenters. The topological polar surface area (TPSA) is 84.9 Å². The molecule has 6 nitrogen and oxygen atoms in total. The lowest BCUT2D eigenvalue weighted by atomic mass is 10.1. The number of carbonyl (C=O) groups excluding carboxylic acids is 1. The molecule has 2 aromatic carbocycles. The van der Waals surface area contributed by atoms with Gasteiger partial charge in [-0.15, -0.1) is 0 Å². The minimum Gasteiger partial charge on any atom is -0.496 e. The molecule has 0 bridgehead atoms. The molecule has 0 saturated heterocycles.